The van der Waals surface area contributed by atoms with Gasteiger partial charge in [-0.05, 0) is 30.0 Å². The van der Waals surface area contributed by atoms with Crippen molar-refractivity contribution in [2.45, 2.75) is 25.0 Å². The minimum Gasteiger partial charge on any atom is -0.362 e. The zero-order valence-corrected chi connectivity index (χ0v) is 9.47. The van der Waals surface area contributed by atoms with Crippen LogP contribution in [0.25, 0.3) is 0 Å². The van der Waals surface area contributed by atoms with E-state index in [4.69, 9.17) is 4.74 Å². The van der Waals surface area contributed by atoms with Crippen molar-refractivity contribution in [1.29, 1.82) is 0 Å². The summed E-state index contributed by atoms with van der Waals surface area (Å²) in [4.78, 5) is 8.46. The summed E-state index contributed by atoms with van der Waals surface area (Å²) in [6, 6.07) is 2.09. The van der Waals surface area contributed by atoms with Crippen molar-refractivity contribution in [3.63, 3.8) is 0 Å². The smallest absolute Gasteiger partial charge is 0.135 e. The van der Waals surface area contributed by atoms with Gasteiger partial charge >= 0.3 is 0 Å². The number of nitrogens with zero attached hydrogens (tertiary/aromatic N) is 3. The molecule has 86 valence electrons. The Morgan fingerprint density at radius 3 is 3.29 bits per heavy atom. The number of rotatable bonds is 0. The lowest BCUT2D eigenvalue weighted by Gasteiger charge is -2.35. The molecule has 2 aromatic heterocycles. The molecule has 0 N–H and O–H groups in total. The van der Waals surface area contributed by atoms with Gasteiger partial charge in [-0.2, -0.15) is 0 Å². The number of fused-ring (bicyclic) bond motifs is 4. The lowest BCUT2D eigenvalue weighted by atomic mass is 9.92. The zero-order chi connectivity index (χ0) is 11.3. The maximum absolute atomic E-state index is 6.15. The monoisotopic (exact) mass is 227 g/mol. The van der Waals surface area contributed by atoms with Crippen LogP contribution < -0.4 is 0 Å². The first-order chi connectivity index (χ1) is 8.40. The molecule has 0 bridgehead atoms. The van der Waals surface area contributed by atoms with Gasteiger partial charge in [0.05, 0.1) is 24.8 Å². The standard InChI is InChI=1S/C13H13N3O/c1-3-13(11-2-4-14-7-10(1)11)12-8-15-9-16(12)5-6-17-13/h2,4,7-9H,1,3,5-6H2. The molecule has 1 aliphatic carbocycles. The highest BCUT2D eigenvalue weighted by atomic mass is 16.5. The van der Waals surface area contributed by atoms with E-state index in [1.54, 1.807) is 0 Å². The van der Waals surface area contributed by atoms with Gasteiger partial charge in [0, 0.05) is 18.9 Å². The first-order valence-corrected chi connectivity index (χ1v) is 5.98. The summed E-state index contributed by atoms with van der Waals surface area (Å²) in [6.07, 6.45) is 9.69. The highest BCUT2D eigenvalue weighted by Gasteiger charge is 2.45. The van der Waals surface area contributed by atoms with Crippen molar-refractivity contribution in [3.8, 4) is 0 Å². The molecule has 1 aliphatic heterocycles. The third-order valence-electron chi connectivity index (χ3n) is 3.89. The van der Waals surface area contributed by atoms with Crippen LogP contribution in [-0.2, 0) is 23.3 Å². The van der Waals surface area contributed by atoms with Crippen molar-refractivity contribution >= 4 is 0 Å². The van der Waals surface area contributed by atoms with Crippen molar-refractivity contribution in [1.82, 2.24) is 14.5 Å². The second-order valence-corrected chi connectivity index (χ2v) is 4.68. The lowest BCUT2D eigenvalue weighted by molar-refractivity contribution is -0.0457. The highest BCUT2D eigenvalue weighted by molar-refractivity contribution is 5.42. The van der Waals surface area contributed by atoms with E-state index in [0.717, 1.165) is 26.0 Å². The zero-order valence-electron chi connectivity index (χ0n) is 9.47. The van der Waals surface area contributed by atoms with Crippen LogP contribution in [0.3, 0.4) is 0 Å². The third kappa shape index (κ3) is 1.11. The SMILES string of the molecule is c1cc2c(cn1)CCC21OCCn2cncc21. The Hall–Kier alpha value is -1.68. The van der Waals surface area contributed by atoms with Gasteiger partial charge in [0.2, 0.25) is 0 Å². The van der Waals surface area contributed by atoms with Gasteiger partial charge in [-0.1, -0.05) is 0 Å². The van der Waals surface area contributed by atoms with Crippen molar-refractivity contribution in [2.24, 2.45) is 0 Å². The van der Waals surface area contributed by atoms with E-state index in [1.165, 1.54) is 16.8 Å². The number of hydrogen-bond donors (Lipinski definition) is 0. The molecule has 17 heavy (non-hydrogen) atoms. The largest absolute Gasteiger partial charge is 0.362 e. The summed E-state index contributed by atoms with van der Waals surface area (Å²) in [5.74, 6) is 0. The Kier molecular flexibility index (Phi) is 1.74. The molecule has 4 nitrogen and oxygen atoms in total. The Labute approximate surface area is 99.3 Å². The summed E-state index contributed by atoms with van der Waals surface area (Å²) >= 11 is 0. The summed E-state index contributed by atoms with van der Waals surface area (Å²) < 4.78 is 8.36. The Morgan fingerprint density at radius 2 is 2.29 bits per heavy atom. The van der Waals surface area contributed by atoms with Crippen LogP contribution >= 0.6 is 0 Å². The van der Waals surface area contributed by atoms with Crippen molar-refractivity contribution in [2.75, 3.05) is 6.61 Å². The molecule has 4 rings (SSSR count). The van der Waals surface area contributed by atoms with Gasteiger partial charge in [-0.15, -0.1) is 0 Å². The summed E-state index contributed by atoms with van der Waals surface area (Å²) in [7, 11) is 0. The molecule has 3 heterocycles. The van der Waals surface area contributed by atoms with Gasteiger partial charge in [0.1, 0.15) is 5.60 Å². The Balaban J connectivity index is 1.97. The molecule has 2 aliphatic rings. The molecule has 0 aromatic carbocycles. The third-order valence-corrected chi connectivity index (χ3v) is 3.89. The minimum absolute atomic E-state index is 0.271. The maximum Gasteiger partial charge on any atom is 0.135 e. The molecule has 0 saturated heterocycles. The fourth-order valence-corrected chi connectivity index (χ4v) is 3.11. The van der Waals surface area contributed by atoms with Crippen LogP contribution in [0.2, 0.25) is 0 Å². The molecule has 1 unspecified atom stereocenters. The predicted octanol–water partition coefficient (Wildman–Crippen LogP) is 1.50. The molecule has 1 atom stereocenters. The second kappa shape index (κ2) is 3.17. The van der Waals surface area contributed by atoms with E-state index in [-0.39, 0.29) is 5.60 Å². The van der Waals surface area contributed by atoms with E-state index in [0.29, 0.717) is 0 Å². The first-order valence-electron chi connectivity index (χ1n) is 5.98. The second-order valence-electron chi connectivity index (χ2n) is 4.68. The van der Waals surface area contributed by atoms with Gasteiger partial charge in [-0.3, -0.25) is 4.98 Å². The van der Waals surface area contributed by atoms with Gasteiger partial charge < -0.3 is 9.30 Å². The van der Waals surface area contributed by atoms with Gasteiger partial charge in [-0.25, -0.2) is 4.98 Å². The summed E-state index contributed by atoms with van der Waals surface area (Å²) in [5, 5.41) is 0. The number of aryl methyl sites for hydroxylation is 1. The number of pyridine rings is 1. The van der Waals surface area contributed by atoms with Crippen LogP contribution in [0.5, 0.6) is 0 Å². The van der Waals surface area contributed by atoms with Crippen LogP contribution in [-0.4, -0.2) is 21.1 Å². The number of ether oxygens (including phenoxy) is 1. The molecule has 4 heteroatoms. The summed E-state index contributed by atoms with van der Waals surface area (Å²) in [5.41, 5.74) is 3.50. The fraction of sp³-hybridized carbons (Fsp3) is 0.385. The van der Waals surface area contributed by atoms with Crippen molar-refractivity contribution < 1.29 is 4.74 Å². The Bertz CT molecular complexity index is 578. The quantitative estimate of drug-likeness (QED) is 0.684. The number of aromatic nitrogens is 3. The van der Waals surface area contributed by atoms with E-state index in [1.807, 2.05) is 24.9 Å². The van der Waals surface area contributed by atoms with Gasteiger partial charge in [0.25, 0.3) is 0 Å². The molecule has 2 aromatic rings. The van der Waals surface area contributed by atoms with Crippen LogP contribution in [0.4, 0.5) is 0 Å². The van der Waals surface area contributed by atoms with Crippen LogP contribution in [0, 0.1) is 0 Å². The fourth-order valence-electron chi connectivity index (χ4n) is 3.11. The van der Waals surface area contributed by atoms with E-state index < -0.39 is 0 Å². The van der Waals surface area contributed by atoms with Crippen LogP contribution in [0.1, 0.15) is 23.2 Å². The Morgan fingerprint density at radius 1 is 1.29 bits per heavy atom. The van der Waals surface area contributed by atoms with Gasteiger partial charge in [0.15, 0.2) is 0 Å². The molecule has 0 radical (unpaired) electrons. The average molecular weight is 227 g/mol. The highest BCUT2D eigenvalue weighted by Crippen LogP contribution is 2.45. The predicted molar refractivity (Wildman–Crippen MR) is 61.5 cm³/mol. The van der Waals surface area contributed by atoms with Crippen LogP contribution in [0.15, 0.2) is 31.0 Å². The maximum atomic E-state index is 6.15. The lowest BCUT2D eigenvalue weighted by Crippen LogP contribution is -2.37. The molecule has 0 amide bonds. The van der Waals surface area contributed by atoms with E-state index >= 15 is 0 Å². The molecule has 1 spiro atoms. The van der Waals surface area contributed by atoms with E-state index in [2.05, 4.69) is 20.6 Å². The first kappa shape index (κ1) is 9.36. The summed E-state index contributed by atoms with van der Waals surface area (Å²) in [6.45, 7) is 1.66. The molecular formula is C13H13N3O. The topological polar surface area (TPSA) is 39.9 Å². The van der Waals surface area contributed by atoms with Crippen molar-refractivity contribution in [3.05, 3.63) is 47.8 Å². The minimum atomic E-state index is -0.271. The van der Waals surface area contributed by atoms with E-state index in [9.17, 15) is 0 Å². The normalized spacial score (nSPS) is 25.9. The number of hydrogen-bond acceptors (Lipinski definition) is 3. The molecule has 0 fully saturated rings. The average Bonchev–Trinajstić information content (AvgIpc) is 2.97. The number of imidazole rings is 1. The molecular weight excluding hydrogens is 214 g/mol. The molecule has 0 saturated carbocycles.